The Morgan fingerprint density at radius 3 is 2.45 bits per heavy atom. The van der Waals surface area contributed by atoms with E-state index in [1.54, 1.807) is 12.1 Å². The van der Waals surface area contributed by atoms with Crippen LogP contribution in [0.25, 0.3) is 0 Å². The highest BCUT2D eigenvalue weighted by Gasteiger charge is 2.33. The zero-order valence-corrected chi connectivity index (χ0v) is 12.7. The van der Waals surface area contributed by atoms with Crippen molar-refractivity contribution >= 4 is 11.6 Å². The van der Waals surface area contributed by atoms with Gasteiger partial charge in [-0.25, -0.2) is 0 Å². The molecule has 112 valence electrons. The average Bonchev–Trinajstić information content (AvgIpc) is 2.48. The molecule has 1 aliphatic carbocycles. The third-order valence-electron chi connectivity index (χ3n) is 4.46. The van der Waals surface area contributed by atoms with Gasteiger partial charge in [0.1, 0.15) is 0 Å². The molecular weight excluding hydrogens is 274 g/mol. The van der Waals surface area contributed by atoms with Gasteiger partial charge in [0.15, 0.2) is 0 Å². The number of aliphatic hydroxyl groups excluding tert-OH is 2. The number of rotatable bonds is 5. The molecule has 3 nitrogen and oxygen atoms in total. The van der Waals surface area contributed by atoms with E-state index in [4.69, 9.17) is 11.6 Å². The maximum absolute atomic E-state index is 10.2. The van der Waals surface area contributed by atoms with Gasteiger partial charge < -0.3 is 15.5 Å². The van der Waals surface area contributed by atoms with E-state index in [-0.39, 0.29) is 12.1 Å². The van der Waals surface area contributed by atoms with Crippen molar-refractivity contribution in [3.05, 3.63) is 34.9 Å². The van der Waals surface area contributed by atoms with Crippen LogP contribution in [0.5, 0.6) is 0 Å². The fraction of sp³-hybridized carbons (Fsp3) is 0.625. The minimum absolute atomic E-state index is 0.132. The van der Waals surface area contributed by atoms with Crippen LogP contribution in [-0.4, -0.2) is 28.9 Å². The summed E-state index contributed by atoms with van der Waals surface area (Å²) in [4.78, 5) is 0. The largest absolute Gasteiger partial charge is 0.394 e. The van der Waals surface area contributed by atoms with Crippen molar-refractivity contribution in [3.63, 3.8) is 0 Å². The summed E-state index contributed by atoms with van der Waals surface area (Å²) in [7, 11) is 0. The summed E-state index contributed by atoms with van der Waals surface area (Å²) >= 11 is 5.84. The Morgan fingerprint density at radius 1 is 1.30 bits per heavy atom. The first-order valence-electron chi connectivity index (χ1n) is 7.34. The van der Waals surface area contributed by atoms with Gasteiger partial charge in [0.2, 0.25) is 0 Å². The van der Waals surface area contributed by atoms with Crippen LogP contribution in [-0.2, 0) is 0 Å². The van der Waals surface area contributed by atoms with Crippen molar-refractivity contribution in [1.82, 2.24) is 5.32 Å². The Balaban J connectivity index is 1.91. The van der Waals surface area contributed by atoms with Crippen LogP contribution in [0.1, 0.15) is 44.3 Å². The van der Waals surface area contributed by atoms with E-state index in [0.29, 0.717) is 11.6 Å². The first kappa shape index (κ1) is 15.8. The number of nitrogens with one attached hydrogen (secondary N) is 1. The minimum Gasteiger partial charge on any atom is -0.394 e. The Hall–Kier alpha value is -0.610. The fourth-order valence-electron chi connectivity index (χ4n) is 2.82. The van der Waals surface area contributed by atoms with Crippen molar-refractivity contribution in [1.29, 1.82) is 0 Å². The normalized spacial score (nSPS) is 28.3. The standard InChI is InChI=1S/C16H24ClNO2/c1-12-6-8-16(11-19,9-7-12)18-10-15(20)13-2-4-14(17)5-3-13/h2-5,12,15,18-20H,6-11H2,1H3. The lowest BCUT2D eigenvalue weighted by Crippen LogP contribution is -2.52. The van der Waals surface area contributed by atoms with Gasteiger partial charge in [0.05, 0.1) is 12.7 Å². The second-order valence-corrected chi connectivity index (χ2v) is 6.51. The van der Waals surface area contributed by atoms with Gasteiger partial charge in [-0.15, -0.1) is 0 Å². The third kappa shape index (κ3) is 3.95. The molecule has 0 aliphatic heterocycles. The van der Waals surface area contributed by atoms with Gasteiger partial charge in [-0.3, -0.25) is 0 Å². The molecule has 20 heavy (non-hydrogen) atoms. The lowest BCUT2D eigenvalue weighted by atomic mass is 9.77. The molecule has 0 radical (unpaired) electrons. The van der Waals surface area contributed by atoms with Crippen molar-refractivity contribution in [2.75, 3.05) is 13.2 Å². The number of hydrogen-bond donors (Lipinski definition) is 3. The first-order chi connectivity index (χ1) is 9.54. The van der Waals surface area contributed by atoms with Crippen molar-refractivity contribution < 1.29 is 10.2 Å². The van der Waals surface area contributed by atoms with E-state index < -0.39 is 6.10 Å². The lowest BCUT2D eigenvalue weighted by Gasteiger charge is -2.39. The zero-order valence-electron chi connectivity index (χ0n) is 12.0. The molecule has 0 aromatic heterocycles. The van der Waals surface area contributed by atoms with Crippen LogP contribution in [0.2, 0.25) is 5.02 Å². The molecule has 1 fully saturated rings. The molecule has 4 heteroatoms. The second kappa shape index (κ2) is 6.90. The predicted octanol–water partition coefficient (Wildman–Crippen LogP) is 2.90. The van der Waals surface area contributed by atoms with E-state index in [0.717, 1.165) is 37.2 Å². The summed E-state index contributed by atoms with van der Waals surface area (Å²) < 4.78 is 0. The third-order valence-corrected chi connectivity index (χ3v) is 4.71. The Kier molecular flexibility index (Phi) is 5.44. The Labute approximate surface area is 126 Å². The number of halogens is 1. The lowest BCUT2D eigenvalue weighted by molar-refractivity contribution is 0.0836. The molecule has 1 unspecified atom stereocenters. The molecule has 0 bridgehead atoms. The SMILES string of the molecule is CC1CCC(CO)(NCC(O)c2ccc(Cl)cc2)CC1. The van der Waals surface area contributed by atoms with E-state index in [1.165, 1.54) is 0 Å². The van der Waals surface area contributed by atoms with Crippen LogP contribution < -0.4 is 5.32 Å². The maximum atomic E-state index is 10.2. The van der Waals surface area contributed by atoms with Gasteiger partial charge in [0, 0.05) is 17.1 Å². The number of benzene rings is 1. The molecular formula is C16H24ClNO2. The maximum Gasteiger partial charge on any atom is 0.0914 e. The van der Waals surface area contributed by atoms with Gasteiger partial charge in [-0.05, 0) is 49.3 Å². The monoisotopic (exact) mass is 297 g/mol. The average molecular weight is 298 g/mol. The van der Waals surface area contributed by atoms with Crippen molar-refractivity contribution in [3.8, 4) is 0 Å². The van der Waals surface area contributed by atoms with Gasteiger partial charge in [-0.1, -0.05) is 30.7 Å². The highest BCUT2D eigenvalue weighted by Crippen LogP contribution is 2.32. The number of aliphatic hydroxyl groups is 2. The van der Waals surface area contributed by atoms with Crippen LogP contribution in [0.3, 0.4) is 0 Å². The van der Waals surface area contributed by atoms with Crippen LogP contribution >= 0.6 is 11.6 Å². The van der Waals surface area contributed by atoms with E-state index in [2.05, 4.69) is 12.2 Å². The van der Waals surface area contributed by atoms with Crippen LogP contribution in [0.4, 0.5) is 0 Å². The van der Waals surface area contributed by atoms with E-state index in [9.17, 15) is 10.2 Å². The molecule has 1 atom stereocenters. The molecule has 0 spiro atoms. The quantitative estimate of drug-likeness (QED) is 0.783. The minimum atomic E-state index is -0.574. The van der Waals surface area contributed by atoms with E-state index in [1.807, 2.05) is 12.1 Å². The second-order valence-electron chi connectivity index (χ2n) is 6.07. The highest BCUT2D eigenvalue weighted by molar-refractivity contribution is 6.30. The topological polar surface area (TPSA) is 52.5 Å². The molecule has 3 N–H and O–H groups in total. The molecule has 0 heterocycles. The molecule has 1 saturated carbocycles. The summed E-state index contributed by atoms with van der Waals surface area (Å²) in [6.45, 7) is 2.84. The van der Waals surface area contributed by atoms with Crippen molar-refractivity contribution in [2.45, 2.75) is 44.2 Å². The summed E-state index contributed by atoms with van der Waals surface area (Å²) in [5, 5.41) is 24.0. The Bertz CT molecular complexity index is 413. The summed E-state index contributed by atoms with van der Waals surface area (Å²) in [6, 6.07) is 7.24. The summed E-state index contributed by atoms with van der Waals surface area (Å²) in [5.41, 5.74) is 0.624. The molecule has 1 aliphatic rings. The Morgan fingerprint density at radius 2 is 1.90 bits per heavy atom. The van der Waals surface area contributed by atoms with Crippen LogP contribution in [0.15, 0.2) is 24.3 Å². The summed E-state index contributed by atoms with van der Waals surface area (Å²) in [6.07, 6.45) is 3.63. The zero-order chi connectivity index (χ0) is 14.6. The first-order valence-corrected chi connectivity index (χ1v) is 7.72. The fourth-order valence-corrected chi connectivity index (χ4v) is 2.95. The molecule has 1 aromatic carbocycles. The van der Waals surface area contributed by atoms with Crippen LogP contribution in [0, 0.1) is 5.92 Å². The number of hydrogen-bond acceptors (Lipinski definition) is 3. The molecule has 0 saturated heterocycles. The molecule has 1 aromatic rings. The van der Waals surface area contributed by atoms with Crippen molar-refractivity contribution in [2.24, 2.45) is 5.92 Å². The highest BCUT2D eigenvalue weighted by atomic mass is 35.5. The smallest absolute Gasteiger partial charge is 0.0914 e. The van der Waals surface area contributed by atoms with E-state index >= 15 is 0 Å². The van der Waals surface area contributed by atoms with Gasteiger partial charge >= 0.3 is 0 Å². The molecule has 2 rings (SSSR count). The summed E-state index contributed by atoms with van der Waals surface area (Å²) in [5.74, 6) is 0.734. The number of β-amino-alcohol motifs (C(OH)–C–C–N with tert-alkyl or cyclic N) is 1. The van der Waals surface area contributed by atoms with Gasteiger partial charge in [-0.2, -0.15) is 0 Å². The van der Waals surface area contributed by atoms with Gasteiger partial charge in [0.25, 0.3) is 0 Å². The predicted molar refractivity (Wildman–Crippen MR) is 81.9 cm³/mol. The molecule has 0 amide bonds.